The van der Waals surface area contributed by atoms with Gasteiger partial charge in [0.2, 0.25) is 17.0 Å². The third-order valence-electron chi connectivity index (χ3n) is 4.08. The van der Waals surface area contributed by atoms with E-state index < -0.39 is 66.9 Å². The zero-order chi connectivity index (χ0) is 27.7. The molecule has 0 atom stereocenters. The van der Waals surface area contributed by atoms with Crippen LogP contribution in [0.3, 0.4) is 0 Å². The Morgan fingerprint density at radius 2 is 1.63 bits per heavy atom. The van der Waals surface area contributed by atoms with Crippen molar-refractivity contribution in [3.8, 4) is 5.75 Å². The molecule has 0 bridgehead atoms. The molecule has 7 nitrogen and oxygen atoms in total. The van der Waals surface area contributed by atoms with Gasteiger partial charge in [0.25, 0.3) is 0 Å². The molecule has 0 aliphatic heterocycles. The topological polar surface area (TPSA) is 91.7 Å². The molecule has 1 saturated carbocycles. The summed E-state index contributed by atoms with van der Waals surface area (Å²) < 4.78 is 108. The summed E-state index contributed by atoms with van der Waals surface area (Å²) in [5, 5.41) is -0.728. The van der Waals surface area contributed by atoms with Gasteiger partial charge in [0.05, 0.1) is 19.2 Å². The standard InChI is InChI=1S/C16H12F5NO6S.2C2H6.CH3F/c1-2-27-15(24)9-6-22(7-3-4-7)12-8(13(9)23)5-10(17)11(18)14(12)28-29(25,26)16(19,20)21;3*1-2/h5-7H,2-4H2,1H3;2*1-2H3;1H3. The summed E-state index contributed by atoms with van der Waals surface area (Å²) in [6, 6.07) is -0.131. The van der Waals surface area contributed by atoms with Gasteiger partial charge in [-0.05, 0) is 25.8 Å². The van der Waals surface area contributed by atoms with E-state index in [1.807, 2.05) is 27.7 Å². The smallest absolute Gasteiger partial charge is 0.462 e. The molecule has 14 heteroatoms. The Labute approximate surface area is 198 Å². The molecule has 0 amide bonds. The van der Waals surface area contributed by atoms with E-state index in [0.29, 0.717) is 26.1 Å². The van der Waals surface area contributed by atoms with E-state index in [-0.39, 0.29) is 6.61 Å². The fourth-order valence-corrected chi connectivity index (χ4v) is 3.12. The maximum Gasteiger partial charge on any atom is 0.534 e. The number of aromatic nitrogens is 1. The number of pyridine rings is 1. The van der Waals surface area contributed by atoms with Crippen molar-refractivity contribution in [1.82, 2.24) is 4.57 Å². The number of hydrogen-bond donors (Lipinski definition) is 0. The predicted octanol–water partition coefficient (Wildman–Crippen LogP) is 5.66. The second-order valence-corrected chi connectivity index (χ2v) is 7.65. The zero-order valence-corrected chi connectivity index (χ0v) is 20.7. The molecular formula is C21H27F6NO6S. The van der Waals surface area contributed by atoms with Crippen LogP contribution < -0.4 is 9.61 Å². The van der Waals surface area contributed by atoms with Crippen LogP contribution in [0.15, 0.2) is 17.1 Å². The van der Waals surface area contributed by atoms with Crippen LogP contribution in [0.4, 0.5) is 26.3 Å². The van der Waals surface area contributed by atoms with E-state index in [1.54, 1.807) is 0 Å². The molecule has 1 fully saturated rings. The molecular weight excluding hydrogens is 508 g/mol. The fourth-order valence-electron chi connectivity index (χ4n) is 2.66. The lowest BCUT2D eigenvalue weighted by molar-refractivity contribution is -0.0500. The van der Waals surface area contributed by atoms with Gasteiger partial charge in [-0.3, -0.25) is 9.18 Å². The Balaban J connectivity index is 0.00000179. The first-order chi connectivity index (χ1) is 16.4. The first kappa shape index (κ1) is 32.2. The van der Waals surface area contributed by atoms with E-state index in [1.165, 1.54) is 6.92 Å². The van der Waals surface area contributed by atoms with Crippen molar-refractivity contribution in [3.63, 3.8) is 0 Å². The molecule has 1 aliphatic carbocycles. The van der Waals surface area contributed by atoms with Gasteiger partial charge in [-0.25, -0.2) is 9.18 Å². The molecule has 1 aromatic heterocycles. The number of carbonyl (C=O) groups is 1. The number of alkyl halides is 4. The average Bonchev–Trinajstić information content (AvgIpc) is 3.66. The monoisotopic (exact) mass is 535 g/mol. The highest BCUT2D eigenvalue weighted by Gasteiger charge is 2.49. The number of nitrogens with zero attached hydrogens (tertiary/aromatic N) is 1. The molecule has 1 aromatic carbocycles. The third kappa shape index (κ3) is 7.12. The minimum Gasteiger partial charge on any atom is -0.462 e. The Morgan fingerprint density at radius 3 is 2.06 bits per heavy atom. The van der Waals surface area contributed by atoms with Crippen LogP contribution in [0.1, 0.15) is 63.9 Å². The molecule has 2 aromatic rings. The van der Waals surface area contributed by atoms with Crippen LogP contribution in [-0.2, 0) is 14.9 Å². The Morgan fingerprint density at radius 1 is 1.11 bits per heavy atom. The molecule has 0 saturated heterocycles. The molecule has 0 unspecified atom stereocenters. The summed E-state index contributed by atoms with van der Waals surface area (Å²) in [5.74, 6) is -6.55. The third-order valence-corrected chi connectivity index (χ3v) is 5.03. The summed E-state index contributed by atoms with van der Waals surface area (Å²) in [6.45, 7) is 9.36. The minimum absolute atomic E-state index is 0.101. The number of fused-ring (bicyclic) bond motifs is 1. The van der Waals surface area contributed by atoms with E-state index in [2.05, 4.69) is 4.18 Å². The van der Waals surface area contributed by atoms with E-state index in [0.717, 1.165) is 10.8 Å². The van der Waals surface area contributed by atoms with Crippen molar-refractivity contribution in [1.29, 1.82) is 0 Å². The number of carbonyl (C=O) groups excluding carboxylic acids is 1. The van der Waals surface area contributed by atoms with Gasteiger partial charge >= 0.3 is 21.6 Å². The van der Waals surface area contributed by atoms with E-state index >= 15 is 0 Å². The summed E-state index contributed by atoms with van der Waals surface area (Å²) in [5.41, 5.74) is -8.38. The van der Waals surface area contributed by atoms with Crippen LogP contribution in [0, 0.1) is 11.6 Å². The lowest BCUT2D eigenvalue weighted by atomic mass is 10.1. The highest BCUT2D eigenvalue weighted by molar-refractivity contribution is 7.88. The van der Waals surface area contributed by atoms with Gasteiger partial charge in [0.15, 0.2) is 5.82 Å². The number of benzene rings is 1. The first-order valence-corrected chi connectivity index (χ1v) is 11.9. The molecule has 200 valence electrons. The van der Waals surface area contributed by atoms with Crippen molar-refractivity contribution in [2.45, 2.75) is 59.0 Å². The number of hydrogen-bond acceptors (Lipinski definition) is 6. The van der Waals surface area contributed by atoms with Gasteiger partial charge in [-0.2, -0.15) is 26.0 Å². The van der Waals surface area contributed by atoms with Crippen LogP contribution in [0.5, 0.6) is 5.75 Å². The first-order valence-electron chi connectivity index (χ1n) is 10.5. The quantitative estimate of drug-likeness (QED) is 0.212. The second-order valence-electron chi connectivity index (χ2n) is 6.11. The highest BCUT2D eigenvalue weighted by atomic mass is 32.2. The molecule has 1 aliphatic rings. The van der Waals surface area contributed by atoms with Crippen molar-refractivity contribution in [3.05, 3.63) is 39.7 Å². The van der Waals surface area contributed by atoms with Crippen LogP contribution >= 0.6 is 0 Å². The summed E-state index contributed by atoms with van der Waals surface area (Å²) >= 11 is 0. The predicted molar refractivity (Wildman–Crippen MR) is 118 cm³/mol. The molecule has 0 spiro atoms. The summed E-state index contributed by atoms with van der Waals surface area (Å²) in [7, 11) is -5.87. The van der Waals surface area contributed by atoms with Gasteiger partial charge < -0.3 is 13.5 Å². The van der Waals surface area contributed by atoms with E-state index in [9.17, 15) is 44.3 Å². The van der Waals surface area contributed by atoms with Crippen LogP contribution in [0.25, 0.3) is 10.9 Å². The number of esters is 1. The fraction of sp³-hybridized carbons (Fsp3) is 0.524. The van der Waals surface area contributed by atoms with Crippen molar-refractivity contribution in [2.24, 2.45) is 0 Å². The van der Waals surface area contributed by atoms with Crippen molar-refractivity contribution in [2.75, 3.05) is 13.8 Å². The maximum absolute atomic E-state index is 14.3. The number of halogens is 6. The largest absolute Gasteiger partial charge is 0.534 e. The minimum atomic E-state index is -6.37. The second kappa shape index (κ2) is 13.4. The number of ether oxygens (including phenoxy) is 1. The maximum atomic E-state index is 14.3. The van der Waals surface area contributed by atoms with E-state index in [4.69, 9.17) is 4.74 Å². The van der Waals surface area contributed by atoms with Gasteiger partial charge in [-0.15, -0.1) is 0 Å². The lowest BCUT2D eigenvalue weighted by Gasteiger charge is -2.17. The molecule has 1 heterocycles. The molecule has 3 rings (SSSR count). The van der Waals surface area contributed by atoms with Crippen LogP contribution in [-0.4, -0.2) is 38.2 Å². The van der Waals surface area contributed by atoms with Gasteiger partial charge in [0, 0.05) is 12.2 Å². The lowest BCUT2D eigenvalue weighted by Crippen LogP contribution is -2.29. The van der Waals surface area contributed by atoms with Crippen LogP contribution in [0.2, 0.25) is 0 Å². The van der Waals surface area contributed by atoms with Crippen molar-refractivity contribution >= 4 is 27.0 Å². The Kier molecular flexibility index (Phi) is 12.3. The van der Waals surface area contributed by atoms with Gasteiger partial charge in [-0.1, -0.05) is 27.7 Å². The van der Waals surface area contributed by atoms with Crippen molar-refractivity contribution < 1.29 is 48.5 Å². The molecule has 0 N–H and O–H groups in total. The number of rotatable bonds is 5. The Bertz CT molecular complexity index is 1170. The highest BCUT2D eigenvalue weighted by Crippen LogP contribution is 2.41. The summed E-state index contributed by atoms with van der Waals surface area (Å²) in [6.07, 6.45) is 1.78. The zero-order valence-electron chi connectivity index (χ0n) is 19.9. The molecule has 35 heavy (non-hydrogen) atoms. The average molecular weight is 536 g/mol. The normalized spacial score (nSPS) is 12.8. The SMILES string of the molecule is CC.CC.CCOC(=O)c1cn(C2CC2)c2c(OS(=O)(=O)C(F)(F)F)c(F)c(F)cc2c1=O.CF. The van der Waals surface area contributed by atoms with Gasteiger partial charge in [0.1, 0.15) is 11.1 Å². The summed E-state index contributed by atoms with van der Waals surface area (Å²) in [4.78, 5) is 24.6. The Hall–Kier alpha value is -2.77. The molecule has 0 radical (unpaired) electrons.